The Hall–Kier alpha value is -7.75. The van der Waals surface area contributed by atoms with Crippen molar-refractivity contribution < 1.29 is 4.42 Å². The van der Waals surface area contributed by atoms with Gasteiger partial charge in [-0.15, -0.1) is 0 Å². The summed E-state index contributed by atoms with van der Waals surface area (Å²) in [5.41, 5.74) is 15.2. The number of hydrogen-bond acceptors (Lipinski definition) is 2. The molecule has 0 aliphatic rings. The lowest BCUT2D eigenvalue weighted by Gasteiger charge is -2.16. The summed E-state index contributed by atoms with van der Waals surface area (Å²) in [4.78, 5) is 5.42. The Balaban J connectivity index is 1.06. The summed E-state index contributed by atoms with van der Waals surface area (Å²) in [7, 11) is 0. The molecule has 0 aliphatic carbocycles. The van der Waals surface area contributed by atoms with Gasteiger partial charge in [-0.3, -0.25) is 0 Å². The predicted molar refractivity (Wildman–Crippen MR) is 243 cm³/mol. The Morgan fingerprint density at radius 1 is 0.362 bits per heavy atom. The number of hydrogen-bond donors (Lipinski definition) is 0. The third-order valence-corrected chi connectivity index (χ3v) is 11.7. The standard InChI is InChI=1S/C55H34N2O/c1-3-16-35(17-4-1)51-53-42-24-7-10-28-46(42)56-55(45(53)34-50-54(51)44-26-9-12-31-49(44)58-50)39-21-14-19-37(33-39)36-18-13-20-38(32-36)41-27-15-30-48-52(41)43-25-8-11-29-47(43)57(48)40-22-5-2-6-23-40/h1-34H. The highest BCUT2D eigenvalue weighted by Crippen LogP contribution is 2.47. The molecule has 0 spiro atoms. The topological polar surface area (TPSA) is 31.0 Å². The van der Waals surface area contributed by atoms with Gasteiger partial charge in [0.25, 0.3) is 0 Å². The molecule has 3 heterocycles. The maximum Gasteiger partial charge on any atom is 0.136 e. The molecule has 0 unspecified atom stereocenters. The van der Waals surface area contributed by atoms with Gasteiger partial charge < -0.3 is 8.98 Å². The Kier molecular flexibility index (Phi) is 7.23. The van der Waals surface area contributed by atoms with Crippen LogP contribution in [-0.4, -0.2) is 9.55 Å². The Morgan fingerprint density at radius 3 is 1.79 bits per heavy atom. The molecule has 3 aromatic heterocycles. The van der Waals surface area contributed by atoms with Crippen molar-refractivity contribution in [3.05, 3.63) is 206 Å². The first-order valence-corrected chi connectivity index (χ1v) is 19.8. The van der Waals surface area contributed by atoms with E-state index >= 15 is 0 Å². The van der Waals surface area contributed by atoms with Crippen LogP contribution in [0.4, 0.5) is 0 Å². The van der Waals surface area contributed by atoms with Gasteiger partial charge in [-0.2, -0.15) is 0 Å². The Morgan fingerprint density at radius 2 is 0.966 bits per heavy atom. The van der Waals surface area contributed by atoms with Gasteiger partial charge in [-0.25, -0.2) is 4.98 Å². The van der Waals surface area contributed by atoms with Crippen LogP contribution < -0.4 is 0 Å². The summed E-state index contributed by atoms with van der Waals surface area (Å²) in [5.74, 6) is 0. The minimum absolute atomic E-state index is 0.859. The fourth-order valence-corrected chi connectivity index (χ4v) is 9.26. The van der Waals surface area contributed by atoms with E-state index in [0.717, 1.165) is 71.9 Å². The van der Waals surface area contributed by atoms with Gasteiger partial charge in [0.05, 0.1) is 22.2 Å². The highest BCUT2D eigenvalue weighted by Gasteiger charge is 2.22. The molecular formula is C55H34N2O. The van der Waals surface area contributed by atoms with Crippen LogP contribution >= 0.6 is 0 Å². The number of nitrogens with zero attached hydrogens (tertiary/aromatic N) is 2. The predicted octanol–water partition coefficient (Wildman–Crippen LogP) is 15.1. The zero-order chi connectivity index (χ0) is 38.2. The first-order valence-electron chi connectivity index (χ1n) is 19.8. The number of benzene rings is 9. The van der Waals surface area contributed by atoms with Crippen LogP contribution in [0.3, 0.4) is 0 Å². The van der Waals surface area contributed by atoms with Crippen LogP contribution in [0.25, 0.3) is 116 Å². The van der Waals surface area contributed by atoms with Crippen LogP contribution in [0.1, 0.15) is 0 Å². The monoisotopic (exact) mass is 738 g/mol. The molecular weight excluding hydrogens is 705 g/mol. The molecule has 0 N–H and O–H groups in total. The van der Waals surface area contributed by atoms with Crippen LogP contribution in [0.2, 0.25) is 0 Å². The van der Waals surface area contributed by atoms with Gasteiger partial charge in [0, 0.05) is 54.5 Å². The number of fused-ring (bicyclic) bond motifs is 9. The SMILES string of the molecule is c1ccc(-c2c3c(cc4c(-c5cccc(-c6cccc(-c7cccc8c7c7ccccc7n8-c7ccccc7)c6)c5)nc5ccccc5c24)oc2ccccc23)cc1. The average molecular weight is 739 g/mol. The van der Waals surface area contributed by atoms with Crippen LogP contribution in [0, 0.1) is 0 Å². The number of aromatic nitrogens is 2. The lowest BCUT2D eigenvalue weighted by Crippen LogP contribution is -1.93. The van der Waals surface area contributed by atoms with Crippen molar-refractivity contribution in [3.63, 3.8) is 0 Å². The Bertz CT molecular complexity index is 3560. The van der Waals surface area contributed by atoms with Gasteiger partial charge >= 0.3 is 0 Å². The zero-order valence-electron chi connectivity index (χ0n) is 31.4. The molecule has 0 saturated heterocycles. The van der Waals surface area contributed by atoms with Gasteiger partial charge in [0.15, 0.2) is 0 Å². The van der Waals surface area contributed by atoms with E-state index in [1.807, 2.05) is 6.07 Å². The summed E-state index contributed by atoms with van der Waals surface area (Å²) in [6.45, 7) is 0. The second-order valence-electron chi connectivity index (χ2n) is 15.0. The third-order valence-electron chi connectivity index (χ3n) is 11.7. The molecule has 0 saturated carbocycles. The van der Waals surface area contributed by atoms with E-state index in [1.165, 1.54) is 43.9 Å². The highest BCUT2D eigenvalue weighted by molar-refractivity contribution is 6.27. The fraction of sp³-hybridized carbons (Fsp3) is 0. The largest absolute Gasteiger partial charge is 0.456 e. The number of para-hydroxylation sites is 4. The molecule has 0 amide bonds. The summed E-state index contributed by atoms with van der Waals surface area (Å²) < 4.78 is 9.01. The van der Waals surface area contributed by atoms with E-state index in [-0.39, 0.29) is 0 Å². The molecule has 3 heteroatoms. The van der Waals surface area contributed by atoms with Crippen LogP contribution in [0.5, 0.6) is 0 Å². The lowest BCUT2D eigenvalue weighted by molar-refractivity contribution is 0.669. The molecule has 3 nitrogen and oxygen atoms in total. The van der Waals surface area contributed by atoms with E-state index in [0.29, 0.717) is 0 Å². The van der Waals surface area contributed by atoms with Crippen molar-refractivity contribution in [3.8, 4) is 50.3 Å². The van der Waals surface area contributed by atoms with E-state index in [9.17, 15) is 0 Å². The second-order valence-corrected chi connectivity index (χ2v) is 15.0. The fourth-order valence-electron chi connectivity index (χ4n) is 9.26. The smallest absolute Gasteiger partial charge is 0.136 e. The van der Waals surface area contributed by atoms with Crippen molar-refractivity contribution in [1.82, 2.24) is 9.55 Å². The van der Waals surface area contributed by atoms with Gasteiger partial charge in [0.2, 0.25) is 0 Å². The summed E-state index contributed by atoms with van der Waals surface area (Å²) >= 11 is 0. The van der Waals surface area contributed by atoms with Crippen LogP contribution in [-0.2, 0) is 0 Å². The maximum atomic E-state index is 6.63. The van der Waals surface area contributed by atoms with Gasteiger partial charge in [-0.1, -0.05) is 152 Å². The molecule has 58 heavy (non-hydrogen) atoms. The molecule has 0 fully saturated rings. The minimum Gasteiger partial charge on any atom is -0.456 e. The molecule has 0 aliphatic heterocycles. The van der Waals surface area contributed by atoms with Crippen molar-refractivity contribution >= 4 is 65.4 Å². The number of pyridine rings is 1. The van der Waals surface area contributed by atoms with E-state index in [4.69, 9.17) is 9.40 Å². The van der Waals surface area contributed by atoms with Gasteiger partial charge in [-0.05, 0) is 82.4 Å². The zero-order valence-corrected chi connectivity index (χ0v) is 31.4. The van der Waals surface area contributed by atoms with Crippen molar-refractivity contribution in [2.24, 2.45) is 0 Å². The first kappa shape index (κ1) is 32.5. The lowest BCUT2D eigenvalue weighted by atomic mass is 9.89. The molecule has 0 radical (unpaired) electrons. The molecule has 12 aromatic rings. The minimum atomic E-state index is 0.859. The maximum absolute atomic E-state index is 6.63. The third kappa shape index (κ3) is 4.97. The molecule has 0 atom stereocenters. The first-order chi connectivity index (χ1) is 28.8. The molecule has 9 aromatic carbocycles. The average Bonchev–Trinajstić information content (AvgIpc) is 3.84. The van der Waals surface area contributed by atoms with E-state index < -0.39 is 0 Å². The highest BCUT2D eigenvalue weighted by atomic mass is 16.3. The van der Waals surface area contributed by atoms with Crippen molar-refractivity contribution in [1.29, 1.82) is 0 Å². The number of rotatable bonds is 5. The number of furan rings is 1. The summed E-state index contributed by atoms with van der Waals surface area (Å²) in [6, 6.07) is 73.7. The second kappa shape index (κ2) is 12.9. The normalized spacial score (nSPS) is 11.8. The molecule has 12 rings (SSSR count). The van der Waals surface area contributed by atoms with Gasteiger partial charge in [0.1, 0.15) is 11.2 Å². The molecule has 270 valence electrons. The molecule has 0 bridgehead atoms. The van der Waals surface area contributed by atoms with E-state index in [2.05, 4.69) is 205 Å². The van der Waals surface area contributed by atoms with E-state index in [1.54, 1.807) is 0 Å². The van der Waals surface area contributed by atoms with Crippen molar-refractivity contribution in [2.75, 3.05) is 0 Å². The summed E-state index contributed by atoms with van der Waals surface area (Å²) in [6.07, 6.45) is 0. The van der Waals surface area contributed by atoms with Crippen molar-refractivity contribution in [2.45, 2.75) is 0 Å². The quantitative estimate of drug-likeness (QED) is 0.165. The van der Waals surface area contributed by atoms with Crippen LogP contribution in [0.15, 0.2) is 211 Å². The Labute approximate surface area is 334 Å². The summed E-state index contributed by atoms with van der Waals surface area (Å²) in [5, 5.41) is 8.11.